The molecule has 7 heteroatoms. The lowest BCUT2D eigenvalue weighted by atomic mass is 10.2. The van der Waals surface area contributed by atoms with Crippen LogP contribution in [-0.2, 0) is 0 Å². The minimum Gasteiger partial charge on any atom is -0.335 e. The number of nitrogens with zero attached hydrogens (tertiary/aromatic N) is 3. The molecule has 2 aromatic rings. The van der Waals surface area contributed by atoms with E-state index in [1.807, 2.05) is 0 Å². The number of halogens is 1. The van der Waals surface area contributed by atoms with Crippen molar-refractivity contribution >= 4 is 17.6 Å². The first kappa shape index (κ1) is 12.8. The molecule has 20 heavy (non-hydrogen) atoms. The van der Waals surface area contributed by atoms with Crippen LogP contribution in [0.5, 0.6) is 0 Å². The largest absolute Gasteiger partial charge is 0.335 e. The van der Waals surface area contributed by atoms with Crippen molar-refractivity contribution in [3.05, 3.63) is 24.1 Å². The van der Waals surface area contributed by atoms with Gasteiger partial charge in [0.25, 0.3) is 5.95 Å². The quantitative estimate of drug-likeness (QED) is 0.899. The van der Waals surface area contributed by atoms with Gasteiger partial charge in [0.1, 0.15) is 5.82 Å². The molecule has 0 unspecified atom stereocenters. The van der Waals surface area contributed by atoms with E-state index >= 15 is 0 Å². The molecular weight excluding hydrogens is 261 g/mol. The lowest BCUT2D eigenvalue weighted by Gasteiger charge is -2.03. The van der Waals surface area contributed by atoms with Crippen LogP contribution in [0.2, 0.25) is 0 Å². The molecule has 2 heterocycles. The number of aromatic nitrogens is 3. The van der Waals surface area contributed by atoms with Gasteiger partial charge in [0.15, 0.2) is 5.65 Å². The van der Waals surface area contributed by atoms with Gasteiger partial charge in [-0.15, -0.1) is 5.10 Å². The van der Waals surface area contributed by atoms with Gasteiger partial charge < -0.3 is 5.32 Å². The van der Waals surface area contributed by atoms with Crippen molar-refractivity contribution in [3.8, 4) is 0 Å². The molecule has 3 rings (SSSR count). The normalized spacial score (nSPS) is 20.9. The van der Waals surface area contributed by atoms with E-state index in [1.54, 1.807) is 0 Å². The van der Waals surface area contributed by atoms with E-state index in [1.165, 1.54) is 22.8 Å². The first-order valence-corrected chi connectivity index (χ1v) is 6.75. The fourth-order valence-corrected chi connectivity index (χ4v) is 2.33. The van der Waals surface area contributed by atoms with Crippen molar-refractivity contribution in [3.63, 3.8) is 0 Å². The molecule has 0 saturated heterocycles. The highest BCUT2D eigenvalue weighted by molar-refractivity contribution is 5.88. The number of urea groups is 1. The smallest absolute Gasteiger partial charge is 0.321 e. The van der Waals surface area contributed by atoms with Crippen molar-refractivity contribution in [1.82, 2.24) is 19.9 Å². The molecule has 6 nitrogen and oxygen atoms in total. The van der Waals surface area contributed by atoms with Gasteiger partial charge in [-0.05, 0) is 30.9 Å². The second-order valence-corrected chi connectivity index (χ2v) is 5.07. The first-order chi connectivity index (χ1) is 9.65. The average molecular weight is 277 g/mol. The van der Waals surface area contributed by atoms with Gasteiger partial charge in [0.05, 0.1) is 6.20 Å². The monoisotopic (exact) mass is 277 g/mol. The van der Waals surface area contributed by atoms with Crippen LogP contribution in [0.3, 0.4) is 0 Å². The fraction of sp³-hybridized carbons (Fsp3) is 0.462. The third kappa shape index (κ3) is 2.71. The highest BCUT2D eigenvalue weighted by Crippen LogP contribution is 2.34. The topological polar surface area (TPSA) is 71.3 Å². The van der Waals surface area contributed by atoms with E-state index in [-0.39, 0.29) is 18.0 Å². The minimum atomic E-state index is -0.404. The van der Waals surface area contributed by atoms with Gasteiger partial charge in [0.2, 0.25) is 0 Å². The van der Waals surface area contributed by atoms with Gasteiger partial charge in [-0.3, -0.25) is 5.32 Å². The van der Waals surface area contributed by atoms with Crippen molar-refractivity contribution in [2.24, 2.45) is 5.92 Å². The molecule has 0 radical (unpaired) electrons. The summed E-state index contributed by atoms with van der Waals surface area (Å²) >= 11 is 0. The SMILES string of the molecule is CCC[C@H]1C[C@H]1NC(=O)Nc1nc2ccc(F)cn2n1. The number of amides is 2. The highest BCUT2D eigenvalue weighted by Gasteiger charge is 2.37. The van der Waals surface area contributed by atoms with E-state index in [0.717, 1.165) is 19.3 Å². The van der Waals surface area contributed by atoms with Crippen LogP contribution in [0.4, 0.5) is 15.1 Å². The van der Waals surface area contributed by atoms with Gasteiger partial charge in [-0.2, -0.15) is 4.98 Å². The summed E-state index contributed by atoms with van der Waals surface area (Å²) in [6.45, 7) is 2.13. The van der Waals surface area contributed by atoms with E-state index < -0.39 is 5.82 Å². The van der Waals surface area contributed by atoms with E-state index in [4.69, 9.17) is 0 Å². The number of rotatable bonds is 4. The maximum absolute atomic E-state index is 13.0. The number of anilines is 1. The molecule has 2 N–H and O–H groups in total. The standard InChI is InChI=1S/C13H16FN5O/c1-2-3-8-6-10(8)15-13(20)17-12-16-11-5-4-9(14)7-19(11)18-12/h4-5,7-8,10H,2-3,6H2,1H3,(H2,15,17,18,20)/t8-,10+/m0/s1. The number of pyridine rings is 1. The predicted molar refractivity (Wildman–Crippen MR) is 71.9 cm³/mol. The lowest BCUT2D eigenvalue weighted by Crippen LogP contribution is -2.31. The Morgan fingerprint density at radius 2 is 2.40 bits per heavy atom. The van der Waals surface area contributed by atoms with Gasteiger partial charge in [0, 0.05) is 6.04 Å². The predicted octanol–water partition coefficient (Wildman–Crippen LogP) is 2.18. The number of carbonyl (C=O) groups excluding carboxylic acids is 1. The molecule has 1 aliphatic carbocycles. The molecule has 0 spiro atoms. The van der Waals surface area contributed by atoms with Gasteiger partial charge >= 0.3 is 6.03 Å². The van der Waals surface area contributed by atoms with Gasteiger partial charge in [-0.25, -0.2) is 13.7 Å². The van der Waals surface area contributed by atoms with Gasteiger partial charge in [-0.1, -0.05) is 13.3 Å². The third-order valence-corrected chi connectivity index (χ3v) is 3.42. The summed E-state index contributed by atoms with van der Waals surface area (Å²) in [6.07, 6.45) is 4.51. The third-order valence-electron chi connectivity index (χ3n) is 3.42. The maximum Gasteiger partial charge on any atom is 0.321 e. The second kappa shape index (κ2) is 5.07. The Labute approximate surface area is 115 Å². The zero-order valence-electron chi connectivity index (χ0n) is 11.1. The highest BCUT2D eigenvalue weighted by atomic mass is 19.1. The van der Waals surface area contributed by atoms with E-state index in [2.05, 4.69) is 27.6 Å². The van der Waals surface area contributed by atoms with Crippen LogP contribution in [0, 0.1) is 11.7 Å². The maximum atomic E-state index is 13.0. The van der Waals surface area contributed by atoms with Crippen LogP contribution in [0.15, 0.2) is 18.3 Å². The first-order valence-electron chi connectivity index (χ1n) is 6.75. The summed E-state index contributed by atoms with van der Waals surface area (Å²) < 4.78 is 14.3. The molecule has 0 aromatic carbocycles. The molecule has 2 atom stereocenters. The molecule has 1 saturated carbocycles. The summed E-state index contributed by atoms with van der Waals surface area (Å²) in [5.74, 6) is 0.355. The van der Waals surface area contributed by atoms with Crippen LogP contribution in [0.1, 0.15) is 26.2 Å². The number of hydrogen-bond donors (Lipinski definition) is 2. The molecule has 0 bridgehead atoms. The van der Waals surface area contributed by atoms with Crippen LogP contribution in [-0.4, -0.2) is 26.7 Å². The van der Waals surface area contributed by atoms with Crippen LogP contribution in [0.25, 0.3) is 5.65 Å². The summed E-state index contributed by atoms with van der Waals surface area (Å²) in [6, 6.07) is 2.74. The number of hydrogen-bond acceptors (Lipinski definition) is 3. The summed E-state index contributed by atoms with van der Waals surface area (Å²) in [5, 5.41) is 9.44. The number of nitrogens with one attached hydrogen (secondary N) is 2. The van der Waals surface area contributed by atoms with Crippen molar-refractivity contribution in [2.75, 3.05) is 5.32 Å². The second-order valence-electron chi connectivity index (χ2n) is 5.07. The zero-order chi connectivity index (χ0) is 14.1. The van der Waals surface area contributed by atoms with Crippen LogP contribution >= 0.6 is 0 Å². The Balaban J connectivity index is 1.60. The summed E-state index contributed by atoms with van der Waals surface area (Å²) in [4.78, 5) is 15.9. The van der Waals surface area contributed by atoms with Crippen molar-refractivity contribution in [2.45, 2.75) is 32.2 Å². The summed E-state index contributed by atoms with van der Waals surface area (Å²) in [5.41, 5.74) is 0.483. The Hall–Kier alpha value is -2.18. The summed E-state index contributed by atoms with van der Waals surface area (Å²) in [7, 11) is 0. The lowest BCUT2D eigenvalue weighted by molar-refractivity contribution is 0.251. The van der Waals surface area contributed by atoms with E-state index in [0.29, 0.717) is 11.6 Å². The Kier molecular flexibility index (Phi) is 3.25. The van der Waals surface area contributed by atoms with Crippen LogP contribution < -0.4 is 10.6 Å². The zero-order valence-corrected chi connectivity index (χ0v) is 11.1. The molecule has 2 amide bonds. The van der Waals surface area contributed by atoms with E-state index in [9.17, 15) is 9.18 Å². The number of fused-ring (bicyclic) bond motifs is 1. The van der Waals surface area contributed by atoms with Crippen molar-refractivity contribution < 1.29 is 9.18 Å². The Bertz CT molecular complexity index is 641. The van der Waals surface area contributed by atoms with Crippen molar-refractivity contribution in [1.29, 1.82) is 0 Å². The number of carbonyl (C=O) groups is 1. The Morgan fingerprint density at radius 3 is 3.20 bits per heavy atom. The molecule has 106 valence electrons. The fourth-order valence-electron chi connectivity index (χ4n) is 2.33. The molecule has 2 aromatic heterocycles. The Morgan fingerprint density at radius 1 is 1.55 bits per heavy atom. The minimum absolute atomic E-state index is 0.167. The molecule has 1 aliphatic rings. The molecule has 1 fully saturated rings. The average Bonchev–Trinajstić information content (AvgIpc) is 2.98. The molecular formula is C13H16FN5O. The molecule has 0 aliphatic heterocycles.